The van der Waals surface area contributed by atoms with Crippen molar-refractivity contribution in [3.05, 3.63) is 60.2 Å². The lowest BCUT2D eigenvalue weighted by Gasteiger charge is -2.36. The Hall–Kier alpha value is -2.86. The van der Waals surface area contributed by atoms with Gasteiger partial charge in [0.25, 0.3) is 0 Å². The molecule has 1 saturated heterocycles. The molecule has 0 radical (unpaired) electrons. The minimum atomic E-state index is -0.0571. The van der Waals surface area contributed by atoms with Crippen molar-refractivity contribution in [1.82, 2.24) is 10.3 Å². The summed E-state index contributed by atoms with van der Waals surface area (Å²) in [5.41, 5.74) is 5.66. The number of para-hydroxylation sites is 1. The van der Waals surface area contributed by atoms with Crippen LogP contribution in [0.4, 0.5) is 5.69 Å². The molecule has 1 amide bonds. The zero-order valence-corrected chi connectivity index (χ0v) is 16.6. The van der Waals surface area contributed by atoms with Crippen LogP contribution in [0.5, 0.6) is 5.75 Å². The first-order chi connectivity index (χ1) is 13.7. The van der Waals surface area contributed by atoms with Gasteiger partial charge in [0.05, 0.1) is 12.8 Å². The van der Waals surface area contributed by atoms with Gasteiger partial charge in [0.15, 0.2) is 0 Å². The van der Waals surface area contributed by atoms with Crippen LogP contribution in [0.3, 0.4) is 0 Å². The van der Waals surface area contributed by atoms with Crippen LogP contribution in [0.25, 0.3) is 0 Å². The average molecular weight is 380 g/mol. The van der Waals surface area contributed by atoms with E-state index in [1.165, 1.54) is 5.69 Å². The van der Waals surface area contributed by atoms with E-state index >= 15 is 0 Å². The molecule has 148 valence electrons. The van der Waals surface area contributed by atoms with E-state index in [1.807, 2.05) is 37.3 Å². The molecule has 6 nitrogen and oxygen atoms in total. The fraction of sp³-hybridized carbons (Fsp3) is 0.364. The third-order valence-electron chi connectivity index (χ3n) is 5.00. The predicted octanol–water partition coefficient (Wildman–Crippen LogP) is 2.75. The summed E-state index contributed by atoms with van der Waals surface area (Å²) in [5.74, 6) is 0.742. The number of carbonyl (C=O) groups is 1. The molecular weight excluding hydrogens is 352 g/mol. The van der Waals surface area contributed by atoms with Crippen molar-refractivity contribution in [1.29, 1.82) is 0 Å². The molecule has 1 heterocycles. The van der Waals surface area contributed by atoms with Crippen molar-refractivity contribution in [3.63, 3.8) is 0 Å². The molecule has 1 N–H and O–H groups in total. The van der Waals surface area contributed by atoms with Gasteiger partial charge in [-0.05, 0) is 48.9 Å². The van der Waals surface area contributed by atoms with Crippen LogP contribution >= 0.6 is 0 Å². The maximum atomic E-state index is 12.1. The number of benzene rings is 2. The van der Waals surface area contributed by atoms with E-state index < -0.39 is 0 Å². The molecular formula is C22H28N4O2. The number of rotatable bonds is 7. The molecule has 0 aromatic heterocycles. The maximum absolute atomic E-state index is 12.1. The highest BCUT2D eigenvalue weighted by atomic mass is 16.5. The Morgan fingerprint density at radius 3 is 2.36 bits per heavy atom. The van der Waals surface area contributed by atoms with Gasteiger partial charge in [0, 0.05) is 44.8 Å². The minimum absolute atomic E-state index is 0.0571. The second-order valence-electron chi connectivity index (χ2n) is 6.87. The van der Waals surface area contributed by atoms with Gasteiger partial charge in [-0.3, -0.25) is 9.69 Å². The molecule has 0 unspecified atom stereocenters. The molecule has 0 atom stereocenters. The summed E-state index contributed by atoms with van der Waals surface area (Å²) in [6, 6.07) is 18.1. The van der Waals surface area contributed by atoms with Gasteiger partial charge in [0.1, 0.15) is 5.75 Å². The quantitative estimate of drug-likeness (QED) is 0.593. The molecule has 0 spiro atoms. The highest BCUT2D eigenvalue weighted by Gasteiger charge is 2.17. The first-order valence-electron chi connectivity index (χ1n) is 9.65. The fourth-order valence-corrected chi connectivity index (χ4v) is 3.23. The van der Waals surface area contributed by atoms with Crippen molar-refractivity contribution in [2.24, 2.45) is 5.10 Å². The summed E-state index contributed by atoms with van der Waals surface area (Å²) in [4.78, 5) is 16.9. The fourth-order valence-electron chi connectivity index (χ4n) is 3.23. The number of hydrogen-bond donors (Lipinski definition) is 1. The number of hydrogen-bond acceptors (Lipinski definition) is 5. The first kappa shape index (κ1) is 19.9. The second-order valence-corrected chi connectivity index (χ2v) is 6.87. The van der Waals surface area contributed by atoms with Crippen LogP contribution in [-0.4, -0.2) is 56.4 Å². The van der Waals surface area contributed by atoms with Crippen LogP contribution in [-0.2, 0) is 4.79 Å². The molecule has 1 aliphatic heterocycles. The molecule has 1 aliphatic rings. The van der Waals surface area contributed by atoms with E-state index in [9.17, 15) is 4.79 Å². The normalized spacial score (nSPS) is 15.4. The summed E-state index contributed by atoms with van der Waals surface area (Å²) in [5, 5.41) is 4.21. The highest BCUT2D eigenvalue weighted by Crippen LogP contribution is 2.15. The lowest BCUT2D eigenvalue weighted by molar-refractivity contribution is -0.121. The summed E-state index contributed by atoms with van der Waals surface area (Å²) >= 11 is 0. The van der Waals surface area contributed by atoms with Crippen molar-refractivity contribution in [2.75, 3.05) is 44.7 Å². The SMILES string of the molecule is COc1ccc(/C(C)=N/NC(=O)CCN2CCN(c3ccccc3)CC2)cc1. The molecule has 2 aromatic rings. The maximum Gasteiger partial charge on any atom is 0.241 e. The summed E-state index contributed by atoms with van der Waals surface area (Å²) < 4.78 is 5.15. The Morgan fingerprint density at radius 1 is 1.04 bits per heavy atom. The zero-order valence-electron chi connectivity index (χ0n) is 16.6. The topological polar surface area (TPSA) is 57.2 Å². The van der Waals surface area contributed by atoms with Crippen LogP contribution in [0.1, 0.15) is 18.9 Å². The minimum Gasteiger partial charge on any atom is -0.497 e. The third kappa shape index (κ3) is 5.57. The second kappa shape index (κ2) is 9.90. The number of nitrogens with one attached hydrogen (secondary N) is 1. The van der Waals surface area contributed by atoms with Gasteiger partial charge in [0.2, 0.25) is 5.91 Å². The Morgan fingerprint density at radius 2 is 1.71 bits per heavy atom. The molecule has 2 aromatic carbocycles. The largest absolute Gasteiger partial charge is 0.497 e. The van der Waals surface area contributed by atoms with Gasteiger partial charge >= 0.3 is 0 Å². The van der Waals surface area contributed by atoms with Crippen LogP contribution in [0, 0.1) is 0 Å². The molecule has 0 saturated carbocycles. The van der Waals surface area contributed by atoms with Crippen molar-refractivity contribution in [3.8, 4) is 5.75 Å². The number of piperazine rings is 1. The molecule has 1 fully saturated rings. The number of anilines is 1. The number of nitrogens with zero attached hydrogens (tertiary/aromatic N) is 3. The number of hydrazone groups is 1. The van der Waals surface area contributed by atoms with Gasteiger partial charge in [-0.1, -0.05) is 18.2 Å². The van der Waals surface area contributed by atoms with E-state index in [4.69, 9.17) is 4.74 Å². The lowest BCUT2D eigenvalue weighted by atomic mass is 10.1. The van der Waals surface area contributed by atoms with Crippen molar-refractivity contribution < 1.29 is 9.53 Å². The number of ether oxygens (including phenoxy) is 1. The van der Waals surface area contributed by atoms with E-state index in [0.29, 0.717) is 6.42 Å². The van der Waals surface area contributed by atoms with E-state index in [2.05, 4.69) is 44.6 Å². The van der Waals surface area contributed by atoms with Crippen LogP contribution in [0.2, 0.25) is 0 Å². The summed E-state index contributed by atoms with van der Waals surface area (Å²) in [7, 11) is 1.64. The summed E-state index contributed by atoms with van der Waals surface area (Å²) in [6.07, 6.45) is 0.449. The van der Waals surface area contributed by atoms with E-state index in [0.717, 1.165) is 49.7 Å². The number of methoxy groups -OCH3 is 1. The van der Waals surface area contributed by atoms with Crippen molar-refractivity contribution in [2.45, 2.75) is 13.3 Å². The zero-order chi connectivity index (χ0) is 19.8. The molecule has 6 heteroatoms. The molecule has 0 aliphatic carbocycles. The predicted molar refractivity (Wildman–Crippen MR) is 113 cm³/mol. The average Bonchev–Trinajstić information content (AvgIpc) is 2.77. The molecule has 3 rings (SSSR count). The Bertz CT molecular complexity index is 782. The Kier molecular flexibility index (Phi) is 7.03. The van der Waals surface area contributed by atoms with Crippen LogP contribution in [0.15, 0.2) is 59.7 Å². The Balaban J connectivity index is 1.39. The standard InChI is InChI=1S/C22H28N4O2/c1-18(19-8-10-21(28-2)11-9-19)23-24-22(27)12-13-25-14-16-26(17-15-25)20-6-4-3-5-7-20/h3-11H,12-17H2,1-2H3,(H,24,27)/b23-18+. The molecule has 28 heavy (non-hydrogen) atoms. The summed E-state index contributed by atoms with van der Waals surface area (Å²) in [6.45, 7) is 6.55. The Labute approximate surface area is 166 Å². The van der Waals surface area contributed by atoms with E-state index in [1.54, 1.807) is 7.11 Å². The van der Waals surface area contributed by atoms with Crippen molar-refractivity contribution >= 4 is 17.3 Å². The molecule has 0 bridgehead atoms. The third-order valence-corrected chi connectivity index (χ3v) is 5.00. The monoisotopic (exact) mass is 380 g/mol. The van der Waals surface area contributed by atoms with Gasteiger partial charge in [-0.2, -0.15) is 5.10 Å². The first-order valence-corrected chi connectivity index (χ1v) is 9.65. The number of carbonyl (C=O) groups excluding carboxylic acids is 1. The van der Waals surface area contributed by atoms with Gasteiger partial charge < -0.3 is 9.64 Å². The van der Waals surface area contributed by atoms with Gasteiger partial charge in [-0.25, -0.2) is 5.43 Å². The number of amides is 1. The van der Waals surface area contributed by atoms with Crippen LogP contribution < -0.4 is 15.1 Å². The van der Waals surface area contributed by atoms with Gasteiger partial charge in [-0.15, -0.1) is 0 Å². The highest BCUT2D eigenvalue weighted by molar-refractivity contribution is 5.99. The lowest BCUT2D eigenvalue weighted by Crippen LogP contribution is -2.47. The smallest absolute Gasteiger partial charge is 0.241 e. The van der Waals surface area contributed by atoms with E-state index in [-0.39, 0.29) is 5.91 Å².